The molecule has 0 saturated heterocycles. The van der Waals surface area contributed by atoms with Crippen LogP contribution >= 0.6 is 23.4 Å². The normalized spacial score (nSPS) is 10.7. The third kappa shape index (κ3) is 5.35. The lowest BCUT2D eigenvalue weighted by Gasteiger charge is -2.11. The average molecular weight is 402 g/mol. The van der Waals surface area contributed by atoms with E-state index >= 15 is 0 Å². The first-order valence-electron chi connectivity index (χ1n) is 8.45. The molecule has 3 rings (SSSR count). The van der Waals surface area contributed by atoms with Crippen molar-refractivity contribution in [3.8, 4) is 11.3 Å². The van der Waals surface area contributed by atoms with Gasteiger partial charge in [0.1, 0.15) is 0 Å². The number of rotatable bonds is 8. The number of ether oxygens (including phenoxy) is 1. The van der Waals surface area contributed by atoms with Crippen molar-refractivity contribution < 1.29 is 9.53 Å². The van der Waals surface area contributed by atoms with E-state index in [1.54, 1.807) is 31.4 Å². The molecule has 0 aliphatic heterocycles. The second-order valence-corrected chi connectivity index (χ2v) is 7.16. The minimum atomic E-state index is -0.0927. The molecular weight excluding hydrogens is 382 g/mol. The molecule has 0 bridgehead atoms. The van der Waals surface area contributed by atoms with Gasteiger partial charge in [0.15, 0.2) is 5.16 Å². The van der Waals surface area contributed by atoms with Gasteiger partial charge in [0, 0.05) is 24.4 Å². The summed E-state index contributed by atoms with van der Waals surface area (Å²) in [6.07, 6.45) is 1.84. The number of hydrogen-bond acceptors (Lipinski definition) is 4. The zero-order valence-corrected chi connectivity index (χ0v) is 16.5. The van der Waals surface area contributed by atoms with E-state index in [0.29, 0.717) is 18.2 Å². The lowest BCUT2D eigenvalue weighted by atomic mass is 10.2. The Balaban J connectivity index is 1.69. The van der Waals surface area contributed by atoms with Crippen LogP contribution in [0.2, 0.25) is 5.02 Å². The van der Waals surface area contributed by atoms with Gasteiger partial charge in [0.25, 0.3) is 0 Å². The molecule has 3 aromatic rings. The molecule has 140 valence electrons. The maximum atomic E-state index is 12.2. The molecule has 0 fully saturated rings. The van der Waals surface area contributed by atoms with E-state index in [0.717, 1.165) is 22.1 Å². The molecule has 1 N–H and O–H groups in total. The molecule has 2 aromatic carbocycles. The van der Waals surface area contributed by atoms with E-state index in [1.165, 1.54) is 11.8 Å². The number of methoxy groups -OCH3 is 1. The Morgan fingerprint density at radius 2 is 1.93 bits per heavy atom. The monoisotopic (exact) mass is 401 g/mol. The predicted molar refractivity (Wildman–Crippen MR) is 110 cm³/mol. The maximum Gasteiger partial charge on any atom is 0.234 e. The Kier molecular flexibility index (Phi) is 6.92. The predicted octanol–water partition coefficient (Wildman–Crippen LogP) is 4.58. The second kappa shape index (κ2) is 9.60. The first-order chi connectivity index (χ1) is 13.2. The zero-order valence-electron chi connectivity index (χ0n) is 14.9. The first kappa shape index (κ1) is 19.5. The number of anilines is 1. The average Bonchev–Trinajstić information content (AvgIpc) is 3.10. The molecule has 0 atom stereocenters. The Labute approximate surface area is 167 Å². The van der Waals surface area contributed by atoms with Crippen LogP contribution in [0.5, 0.6) is 0 Å². The number of benzene rings is 2. The largest absolute Gasteiger partial charge is 0.383 e. The van der Waals surface area contributed by atoms with Crippen LogP contribution in [0.1, 0.15) is 0 Å². The number of halogens is 1. The van der Waals surface area contributed by atoms with Crippen molar-refractivity contribution in [2.24, 2.45) is 0 Å². The van der Waals surface area contributed by atoms with Crippen LogP contribution in [0.15, 0.2) is 66.0 Å². The van der Waals surface area contributed by atoms with Gasteiger partial charge in [-0.1, -0.05) is 53.7 Å². The fraction of sp³-hybridized carbons (Fsp3) is 0.200. The fourth-order valence-electron chi connectivity index (χ4n) is 2.57. The van der Waals surface area contributed by atoms with Crippen LogP contribution in [0, 0.1) is 0 Å². The Morgan fingerprint density at radius 1 is 1.19 bits per heavy atom. The third-order valence-corrected chi connectivity index (χ3v) is 5.11. The number of carbonyl (C=O) groups is 1. The van der Waals surface area contributed by atoms with Crippen molar-refractivity contribution >= 4 is 35.0 Å². The number of nitrogens with zero attached hydrogens (tertiary/aromatic N) is 2. The van der Waals surface area contributed by atoms with Crippen LogP contribution in [0.3, 0.4) is 0 Å². The van der Waals surface area contributed by atoms with E-state index in [2.05, 4.69) is 14.9 Å². The minimum absolute atomic E-state index is 0.0927. The summed E-state index contributed by atoms with van der Waals surface area (Å²) in [5.41, 5.74) is 2.81. The third-order valence-electron chi connectivity index (χ3n) is 3.87. The standard InChI is InChI=1S/C20H20ClN3O2S/c1-26-12-11-24-18(15-5-3-2-4-6-15)13-22-20(24)27-14-19(25)23-17-9-7-16(21)8-10-17/h2-10,13H,11-12,14H2,1H3,(H,23,25). The molecule has 0 spiro atoms. The van der Waals surface area contributed by atoms with Crippen molar-refractivity contribution in [3.63, 3.8) is 0 Å². The van der Waals surface area contributed by atoms with Crippen molar-refractivity contribution in [1.29, 1.82) is 0 Å². The summed E-state index contributed by atoms with van der Waals surface area (Å²) in [6.45, 7) is 1.24. The Hall–Kier alpha value is -2.28. The van der Waals surface area contributed by atoms with E-state index in [4.69, 9.17) is 16.3 Å². The Bertz CT molecular complexity index is 882. The van der Waals surface area contributed by atoms with Crippen molar-refractivity contribution in [1.82, 2.24) is 9.55 Å². The lowest BCUT2D eigenvalue weighted by molar-refractivity contribution is -0.113. The summed E-state index contributed by atoms with van der Waals surface area (Å²) in [5, 5.41) is 4.28. The van der Waals surface area contributed by atoms with Crippen molar-refractivity contribution in [2.45, 2.75) is 11.7 Å². The molecule has 1 heterocycles. The Morgan fingerprint density at radius 3 is 2.63 bits per heavy atom. The van der Waals surface area contributed by atoms with Gasteiger partial charge in [-0.15, -0.1) is 0 Å². The number of amides is 1. The number of thioether (sulfide) groups is 1. The molecule has 0 aliphatic carbocycles. The molecule has 27 heavy (non-hydrogen) atoms. The molecule has 0 unspecified atom stereocenters. The molecule has 0 radical (unpaired) electrons. The minimum Gasteiger partial charge on any atom is -0.383 e. The maximum absolute atomic E-state index is 12.2. The van der Waals surface area contributed by atoms with Crippen LogP contribution in [-0.2, 0) is 16.1 Å². The van der Waals surface area contributed by atoms with E-state index in [-0.39, 0.29) is 11.7 Å². The fourth-order valence-corrected chi connectivity index (χ4v) is 3.50. The van der Waals surface area contributed by atoms with Gasteiger partial charge >= 0.3 is 0 Å². The highest BCUT2D eigenvalue weighted by Crippen LogP contribution is 2.26. The molecule has 1 amide bonds. The summed E-state index contributed by atoms with van der Waals surface area (Å²) in [5.74, 6) is 0.172. The quantitative estimate of drug-likeness (QED) is 0.561. The molecule has 5 nitrogen and oxygen atoms in total. The first-order valence-corrected chi connectivity index (χ1v) is 9.82. The SMILES string of the molecule is COCCn1c(-c2ccccc2)cnc1SCC(=O)Nc1ccc(Cl)cc1. The van der Waals surface area contributed by atoms with E-state index < -0.39 is 0 Å². The molecule has 0 aliphatic rings. The highest BCUT2D eigenvalue weighted by Gasteiger charge is 2.14. The summed E-state index contributed by atoms with van der Waals surface area (Å²) < 4.78 is 7.31. The van der Waals surface area contributed by atoms with Crippen LogP contribution < -0.4 is 5.32 Å². The highest BCUT2D eigenvalue weighted by atomic mass is 35.5. The summed E-state index contributed by atoms with van der Waals surface area (Å²) >= 11 is 7.26. The van der Waals surface area contributed by atoms with Crippen molar-refractivity contribution in [3.05, 3.63) is 65.8 Å². The van der Waals surface area contributed by atoms with Gasteiger partial charge in [-0.3, -0.25) is 4.79 Å². The number of hydrogen-bond donors (Lipinski definition) is 1. The van der Waals surface area contributed by atoms with E-state index in [1.807, 2.05) is 36.5 Å². The molecule has 7 heteroatoms. The topological polar surface area (TPSA) is 56.2 Å². The number of aromatic nitrogens is 2. The van der Waals surface area contributed by atoms with Crippen LogP contribution in [-0.4, -0.2) is 34.9 Å². The summed E-state index contributed by atoms with van der Waals surface area (Å²) in [6, 6.07) is 17.1. The number of imidazole rings is 1. The number of carbonyl (C=O) groups excluding carboxylic acids is 1. The van der Waals surface area contributed by atoms with Crippen LogP contribution in [0.4, 0.5) is 5.69 Å². The van der Waals surface area contributed by atoms with Gasteiger partial charge < -0.3 is 14.6 Å². The van der Waals surface area contributed by atoms with Gasteiger partial charge in [-0.2, -0.15) is 0 Å². The van der Waals surface area contributed by atoms with Gasteiger partial charge in [-0.25, -0.2) is 4.98 Å². The highest BCUT2D eigenvalue weighted by molar-refractivity contribution is 7.99. The lowest BCUT2D eigenvalue weighted by Crippen LogP contribution is -2.15. The summed E-state index contributed by atoms with van der Waals surface area (Å²) in [4.78, 5) is 16.8. The molecular formula is C20H20ClN3O2S. The van der Waals surface area contributed by atoms with E-state index in [9.17, 15) is 4.79 Å². The smallest absolute Gasteiger partial charge is 0.234 e. The van der Waals surface area contributed by atoms with Gasteiger partial charge in [0.05, 0.1) is 24.3 Å². The summed E-state index contributed by atoms with van der Waals surface area (Å²) in [7, 11) is 1.67. The zero-order chi connectivity index (χ0) is 19.1. The van der Waals surface area contributed by atoms with Gasteiger partial charge in [-0.05, 0) is 29.8 Å². The van der Waals surface area contributed by atoms with Crippen LogP contribution in [0.25, 0.3) is 11.3 Å². The molecule has 0 saturated carbocycles. The molecule has 1 aromatic heterocycles. The van der Waals surface area contributed by atoms with Gasteiger partial charge in [0.2, 0.25) is 5.91 Å². The second-order valence-electron chi connectivity index (χ2n) is 5.78. The number of nitrogens with one attached hydrogen (secondary N) is 1. The van der Waals surface area contributed by atoms with Crippen molar-refractivity contribution in [2.75, 3.05) is 24.8 Å².